The molecular formula is C10H14BrFN2. The van der Waals surface area contributed by atoms with E-state index in [2.05, 4.69) is 15.9 Å². The molecule has 1 rings (SSSR count). The van der Waals surface area contributed by atoms with Crippen LogP contribution in [0.5, 0.6) is 0 Å². The smallest absolute Gasteiger partial charge is 0.124 e. The van der Waals surface area contributed by atoms with E-state index in [0.717, 1.165) is 22.9 Å². The lowest BCUT2D eigenvalue weighted by atomic mass is 10.0. The molecule has 2 nitrogen and oxygen atoms in total. The van der Waals surface area contributed by atoms with Gasteiger partial charge < -0.3 is 11.5 Å². The molecule has 0 saturated heterocycles. The van der Waals surface area contributed by atoms with E-state index in [1.807, 2.05) is 6.07 Å². The monoisotopic (exact) mass is 260 g/mol. The molecule has 78 valence electrons. The molecule has 0 bridgehead atoms. The standard InChI is InChI=1S/C10H14BrFN2/c11-8-4-7(5-9(12)6-8)10(14)2-1-3-13/h4-6,10H,1-3,13-14H2/t10-/m1/s1. The molecule has 14 heavy (non-hydrogen) atoms. The number of nitrogens with two attached hydrogens (primary N) is 2. The molecule has 1 atom stereocenters. The fourth-order valence-corrected chi connectivity index (χ4v) is 1.78. The first-order chi connectivity index (χ1) is 6.63. The van der Waals surface area contributed by atoms with Crippen molar-refractivity contribution in [2.45, 2.75) is 18.9 Å². The normalized spacial score (nSPS) is 12.9. The Balaban J connectivity index is 2.73. The van der Waals surface area contributed by atoms with Crippen LogP contribution in [-0.2, 0) is 0 Å². The summed E-state index contributed by atoms with van der Waals surface area (Å²) in [6, 6.07) is 4.58. The molecule has 0 heterocycles. The molecule has 0 unspecified atom stereocenters. The maximum Gasteiger partial charge on any atom is 0.124 e. The van der Waals surface area contributed by atoms with Crippen LogP contribution in [0.4, 0.5) is 4.39 Å². The van der Waals surface area contributed by atoms with Crippen LogP contribution in [0.3, 0.4) is 0 Å². The Bertz CT molecular complexity index is 284. The zero-order valence-electron chi connectivity index (χ0n) is 7.84. The lowest BCUT2D eigenvalue weighted by molar-refractivity contribution is 0.596. The van der Waals surface area contributed by atoms with E-state index in [0.29, 0.717) is 6.54 Å². The van der Waals surface area contributed by atoms with Gasteiger partial charge in [0.05, 0.1) is 0 Å². The summed E-state index contributed by atoms with van der Waals surface area (Å²) < 4.78 is 13.7. The Labute approximate surface area is 91.6 Å². The third kappa shape index (κ3) is 3.36. The van der Waals surface area contributed by atoms with Crippen LogP contribution in [0.15, 0.2) is 22.7 Å². The summed E-state index contributed by atoms with van der Waals surface area (Å²) in [5.41, 5.74) is 12.1. The molecule has 0 aliphatic heterocycles. The van der Waals surface area contributed by atoms with Crippen LogP contribution in [0.2, 0.25) is 0 Å². The Morgan fingerprint density at radius 2 is 2.07 bits per heavy atom. The highest BCUT2D eigenvalue weighted by Gasteiger charge is 2.07. The van der Waals surface area contributed by atoms with Crippen molar-refractivity contribution in [2.24, 2.45) is 11.5 Å². The molecule has 0 radical (unpaired) electrons. The van der Waals surface area contributed by atoms with Gasteiger partial charge in [-0.1, -0.05) is 15.9 Å². The molecule has 0 spiro atoms. The second kappa shape index (κ2) is 5.44. The number of benzene rings is 1. The number of hydrogen-bond acceptors (Lipinski definition) is 2. The van der Waals surface area contributed by atoms with Crippen molar-refractivity contribution in [3.8, 4) is 0 Å². The van der Waals surface area contributed by atoms with Gasteiger partial charge in [0.1, 0.15) is 5.82 Å². The Hall–Kier alpha value is -0.450. The fourth-order valence-electron chi connectivity index (χ4n) is 1.29. The average Bonchev–Trinajstić information content (AvgIpc) is 2.12. The lowest BCUT2D eigenvalue weighted by Gasteiger charge is -2.11. The summed E-state index contributed by atoms with van der Waals surface area (Å²) in [4.78, 5) is 0. The predicted octanol–water partition coefficient (Wildman–Crippen LogP) is 2.33. The molecule has 4 N–H and O–H groups in total. The van der Waals surface area contributed by atoms with E-state index in [9.17, 15) is 4.39 Å². The highest BCUT2D eigenvalue weighted by atomic mass is 79.9. The molecule has 4 heteroatoms. The van der Waals surface area contributed by atoms with Crippen molar-refractivity contribution in [1.82, 2.24) is 0 Å². The van der Waals surface area contributed by atoms with E-state index >= 15 is 0 Å². The minimum absolute atomic E-state index is 0.134. The van der Waals surface area contributed by atoms with Crippen LogP contribution in [0.1, 0.15) is 24.4 Å². The van der Waals surface area contributed by atoms with Gasteiger partial charge in [-0.25, -0.2) is 4.39 Å². The number of hydrogen-bond donors (Lipinski definition) is 2. The molecule has 1 aromatic rings. The minimum Gasteiger partial charge on any atom is -0.330 e. The topological polar surface area (TPSA) is 52.0 Å². The van der Waals surface area contributed by atoms with Gasteiger partial charge in [-0.15, -0.1) is 0 Å². The average molecular weight is 261 g/mol. The highest BCUT2D eigenvalue weighted by molar-refractivity contribution is 9.10. The molecule has 0 aliphatic rings. The SMILES string of the molecule is NCCC[C@@H](N)c1cc(F)cc(Br)c1. The zero-order chi connectivity index (χ0) is 10.6. The maximum absolute atomic E-state index is 13.0. The van der Waals surface area contributed by atoms with Gasteiger partial charge in [0.25, 0.3) is 0 Å². The Kier molecular flexibility index (Phi) is 4.51. The molecule has 0 aromatic heterocycles. The van der Waals surface area contributed by atoms with Crippen LogP contribution in [-0.4, -0.2) is 6.54 Å². The summed E-state index contributed by atoms with van der Waals surface area (Å²) in [5.74, 6) is -0.266. The summed E-state index contributed by atoms with van der Waals surface area (Å²) in [6.45, 7) is 0.615. The van der Waals surface area contributed by atoms with Gasteiger partial charge in [-0.2, -0.15) is 0 Å². The van der Waals surface area contributed by atoms with Crippen molar-refractivity contribution in [3.63, 3.8) is 0 Å². The van der Waals surface area contributed by atoms with Crippen molar-refractivity contribution >= 4 is 15.9 Å². The van der Waals surface area contributed by atoms with Gasteiger partial charge in [0.15, 0.2) is 0 Å². The van der Waals surface area contributed by atoms with Gasteiger partial charge in [0.2, 0.25) is 0 Å². The van der Waals surface area contributed by atoms with Gasteiger partial charge >= 0.3 is 0 Å². The van der Waals surface area contributed by atoms with Crippen LogP contribution in [0, 0.1) is 5.82 Å². The second-order valence-electron chi connectivity index (χ2n) is 3.24. The van der Waals surface area contributed by atoms with E-state index in [1.54, 1.807) is 0 Å². The van der Waals surface area contributed by atoms with Gasteiger partial charge in [-0.3, -0.25) is 0 Å². The molecule has 0 saturated carbocycles. The molecule has 0 fully saturated rings. The van der Waals surface area contributed by atoms with Crippen LogP contribution < -0.4 is 11.5 Å². The van der Waals surface area contributed by atoms with E-state index in [4.69, 9.17) is 11.5 Å². The van der Waals surface area contributed by atoms with Crippen molar-refractivity contribution in [3.05, 3.63) is 34.1 Å². The third-order valence-corrected chi connectivity index (χ3v) is 2.49. The van der Waals surface area contributed by atoms with Crippen LogP contribution in [0.25, 0.3) is 0 Å². The van der Waals surface area contributed by atoms with Crippen molar-refractivity contribution in [2.75, 3.05) is 6.54 Å². The highest BCUT2D eigenvalue weighted by Crippen LogP contribution is 2.21. The van der Waals surface area contributed by atoms with Crippen LogP contribution >= 0.6 is 15.9 Å². The summed E-state index contributed by atoms with van der Waals surface area (Å²) in [6.07, 6.45) is 1.64. The van der Waals surface area contributed by atoms with Gasteiger partial charge in [-0.05, 0) is 43.1 Å². The Morgan fingerprint density at radius 3 is 2.64 bits per heavy atom. The predicted molar refractivity (Wildman–Crippen MR) is 59.3 cm³/mol. The fraction of sp³-hybridized carbons (Fsp3) is 0.400. The molecule has 0 amide bonds. The van der Waals surface area contributed by atoms with Crippen molar-refractivity contribution in [1.29, 1.82) is 0 Å². The first-order valence-electron chi connectivity index (χ1n) is 4.55. The van der Waals surface area contributed by atoms with E-state index < -0.39 is 0 Å². The van der Waals surface area contributed by atoms with E-state index in [1.165, 1.54) is 12.1 Å². The molecular weight excluding hydrogens is 247 g/mol. The largest absolute Gasteiger partial charge is 0.330 e. The number of rotatable bonds is 4. The number of halogens is 2. The second-order valence-corrected chi connectivity index (χ2v) is 4.16. The first kappa shape index (κ1) is 11.6. The maximum atomic E-state index is 13.0. The lowest BCUT2D eigenvalue weighted by Crippen LogP contribution is -2.12. The third-order valence-electron chi connectivity index (χ3n) is 2.03. The summed E-state index contributed by atoms with van der Waals surface area (Å²) in [7, 11) is 0. The quantitative estimate of drug-likeness (QED) is 0.873. The minimum atomic E-state index is -0.266. The zero-order valence-corrected chi connectivity index (χ0v) is 9.43. The molecule has 1 aromatic carbocycles. The molecule has 0 aliphatic carbocycles. The van der Waals surface area contributed by atoms with Gasteiger partial charge in [0, 0.05) is 10.5 Å². The van der Waals surface area contributed by atoms with Crippen molar-refractivity contribution < 1.29 is 4.39 Å². The Morgan fingerprint density at radius 1 is 1.36 bits per heavy atom. The first-order valence-corrected chi connectivity index (χ1v) is 5.34. The summed E-state index contributed by atoms with van der Waals surface area (Å²) in [5, 5.41) is 0. The van der Waals surface area contributed by atoms with E-state index in [-0.39, 0.29) is 11.9 Å². The summed E-state index contributed by atoms with van der Waals surface area (Å²) >= 11 is 3.23.